The number of alkyl halides is 1. The molecule has 6 heteroatoms. The standard InChI is InChI=1S/C11H17FO5/c1-4-9(14)16-6-8(13)7-17-10(15)11(3,12)5-2/h4,8,13H,1,5-7H2,2-3H3. The molecule has 17 heavy (non-hydrogen) atoms. The molecule has 0 aliphatic carbocycles. The summed E-state index contributed by atoms with van der Waals surface area (Å²) in [5.41, 5.74) is -2.07. The van der Waals surface area contributed by atoms with Gasteiger partial charge in [0.05, 0.1) is 0 Å². The van der Waals surface area contributed by atoms with Crippen LogP contribution in [-0.2, 0) is 19.1 Å². The van der Waals surface area contributed by atoms with E-state index in [1.54, 1.807) is 0 Å². The Morgan fingerprint density at radius 1 is 1.47 bits per heavy atom. The van der Waals surface area contributed by atoms with Crippen LogP contribution in [0.15, 0.2) is 12.7 Å². The first-order valence-electron chi connectivity index (χ1n) is 5.17. The fourth-order valence-electron chi connectivity index (χ4n) is 0.752. The molecular formula is C11H17FO5. The van der Waals surface area contributed by atoms with Crippen LogP contribution >= 0.6 is 0 Å². The highest BCUT2D eigenvalue weighted by Crippen LogP contribution is 2.16. The molecule has 5 nitrogen and oxygen atoms in total. The summed E-state index contributed by atoms with van der Waals surface area (Å²) in [6.45, 7) is 5.00. The van der Waals surface area contributed by atoms with Crippen molar-refractivity contribution >= 4 is 11.9 Å². The minimum Gasteiger partial charge on any atom is -0.460 e. The zero-order valence-electron chi connectivity index (χ0n) is 9.94. The molecule has 1 N–H and O–H groups in total. The summed E-state index contributed by atoms with van der Waals surface area (Å²) in [5, 5.41) is 9.27. The van der Waals surface area contributed by atoms with Gasteiger partial charge in [0.2, 0.25) is 5.67 Å². The minimum atomic E-state index is -2.07. The third-order valence-electron chi connectivity index (χ3n) is 2.08. The number of hydrogen-bond acceptors (Lipinski definition) is 5. The Bertz CT molecular complexity index is 288. The van der Waals surface area contributed by atoms with E-state index < -0.39 is 30.3 Å². The second-order valence-corrected chi connectivity index (χ2v) is 3.64. The second kappa shape index (κ2) is 7.01. The zero-order valence-corrected chi connectivity index (χ0v) is 9.94. The molecule has 0 rings (SSSR count). The van der Waals surface area contributed by atoms with Crippen molar-refractivity contribution < 1.29 is 28.6 Å². The molecule has 0 aromatic carbocycles. The molecule has 98 valence electrons. The number of carbonyl (C=O) groups excluding carboxylic acids is 2. The van der Waals surface area contributed by atoms with Crippen LogP contribution < -0.4 is 0 Å². The first-order chi connectivity index (χ1) is 7.83. The lowest BCUT2D eigenvalue weighted by atomic mass is 10.1. The van der Waals surface area contributed by atoms with Gasteiger partial charge in [0, 0.05) is 6.08 Å². The summed E-state index contributed by atoms with van der Waals surface area (Å²) >= 11 is 0. The summed E-state index contributed by atoms with van der Waals surface area (Å²) < 4.78 is 22.4. The van der Waals surface area contributed by atoms with E-state index in [1.807, 2.05) is 0 Å². The molecule has 2 atom stereocenters. The van der Waals surface area contributed by atoms with Gasteiger partial charge in [0.25, 0.3) is 0 Å². The molecule has 0 aromatic rings. The van der Waals surface area contributed by atoms with Crippen LogP contribution in [0.1, 0.15) is 20.3 Å². The predicted molar refractivity (Wildman–Crippen MR) is 57.9 cm³/mol. The van der Waals surface area contributed by atoms with Crippen LogP contribution in [0.3, 0.4) is 0 Å². The number of halogens is 1. The fraction of sp³-hybridized carbons (Fsp3) is 0.636. The molecule has 0 aliphatic heterocycles. The second-order valence-electron chi connectivity index (χ2n) is 3.64. The van der Waals surface area contributed by atoms with Gasteiger partial charge in [-0.3, -0.25) is 0 Å². The van der Waals surface area contributed by atoms with Crippen molar-refractivity contribution in [2.24, 2.45) is 0 Å². The molecule has 0 radical (unpaired) electrons. The van der Waals surface area contributed by atoms with Crippen molar-refractivity contribution in [3.05, 3.63) is 12.7 Å². The average molecular weight is 248 g/mol. The Balaban J connectivity index is 3.92. The van der Waals surface area contributed by atoms with E-state index in [4.69, 9.17) is 0 Å². The van der Waals surface area contributed by atoms with Crippen LogP contribution in [0.2, 0.25) is 0 Å². The summed E-state index contributed by atoms with van der Waals surface area (Å²) in [6, 6.07) is 0. The van der Waals surface area contributed by atoms with E-state index >= 15 is 0 Å². The van der Waals surface area contributed by atoms with E-state index in [2.05, 4.69) is 16.1 Å². The number of carbonyl (C=O) groups is 2. The third kappa shape index (κ3) is 6.01. The van der Waals surface area contributed by atoms with E-state index in [1.165, 1.54) is 6.92 Å². The lowest BCUT2D eigenvalue weighted by molar-refractivity contribution is -0.161. The van der Waals surface area contributed by atoms with Crippen LogP contribution in [0, 0.1) is 0 Å². The number of rotatable bonds is 7. The average Bonchev–Trinajstić information content (AvgIpc) is 2.32. The van der Waals surface area contributed by atoms with Crippen molar-refractivity contribution in [1.82, 2.24) is 0 Å². The smallest absolute Gasteiger partial charge is 0.343 e. The topological polar surface area (TPSA) is 72.8 Å². The van der Waals surface area contributed by atoms with Gasteiger partial charge in [-0.2, -0.15) is 0 Å². The Kier molecular flexibility index (Phi) is 6.42. The fourth-order valence-corrected chi connectivity index (χ4v) is 0.752. The molecule has 0 amide bonds. The van der Waals surface area contributed by atoms with Crippen LogP contribution in [0.5, 0.6) is 0 Å². The van der Waals surface area contributed by atoms with Gasteiger partial charge in [-0.15, -0.1) is 0 Å². The largest absolute Gasteiger partial charge is 0.460 e. The number of esters is 2. The molecule has 0 heterocycles. The molecule has 0 saturated carbocycles. The van der Waals surface area contributed by atoms with Crippen molar-refractivity contribution in [2.45, 2.75) is 32.0 Å². The summed E-state index contributed by atoms with van der Waals surface area (Å²) in [6.07, 6.45) is -0.266. The Morgan fingerprint density at radius 3 is 2.47 bits per heavy atom. The Labute approximate surface area is 99.2 Å². The molecule has 0 saturated heterocycles. The van der Waals surface area contributed by atoms with Gasteiger partial charge in [0.1, 0.15) is 19.3 Å². The van der Waals surface area contributed by atoms with Crippen molar-refractivity contribution in [2.75, 3.05) is 13.2 Å². The number of aliphatic hydroxyl groups is 1. The Morgan fingerprint density at radius 2 is 2.00 bits per heavy atom. The maximum Gasteiger partial charge on any atom is 0.343 e. The van der Waals surface area contributed by atoms with Gasteiger partial charge >= 0.3 is 11.9 Å². The minimum absolute atomic E-state index is 0.0205. The zero-order chi connectivity index (χ0) is 13.5. The first-order valence-corrected chi connectivity index (χ1v) is 5.17. The van der Waals surface area contributed by atoms with Gasteiger partial charge in [0.15, 0.2) is 0 Å². The van der Waals surface area contributed by atoms with E-state index in [0.29, 0.717) is 0 Å². The maximum atomic E-state index is 13.4. The SMILES string of the molecule is C=CC(=O)OCC(O)COC(=O)C(C)(F)CC. The van der Waals surface area contributed by atoms with Crippen molar-refractivity contribution in [3.63, 3.8) is 0 Å². The number of aliphatic hydroxyl groups excluding tert-OH is 1. The molecule has 0 spiro atoms. The summed E-state index contributed by atoms with van der Waals surface area (Å²) in [5.74, 6) is -1.74. The summed E-state index contributed by atoms with van der Waals surface area (Å²) in [4.78, 5) is 21.8. The molecule has 0 aromatic heterocycles. The molecule has 0 aliphatic rings. The van der Waals surface area contributed by atoms with Crippen molar-refractivity contribution in [3.8, 4) is 0 Å². The number of ether oxygens (including phenoxy) is 2. The lowest BCUT2D eigenvalue weighted by Gasteiger charge is -2.18. The molecule has 0 bridgehead atoms. The van der Waals surface area contributed by atoms with Gasteiger partial charge in [-0.05, 0) is 13.3 Å². The normalized spacial score (nSPS) is 15.5. The van der Waals surface area contributed by atoms with Crippen molar-refractivity contribution in [1.29, 1.82) is 0 Å². The van der Waals surface area contributed by atoms with Gasteiger partial charge in [-0.25, -0.2) is 14.0 Å². The molecule has 2 unspecified atom stereocenters. The molecule has 0 fully saturated rings. The highest BCUT2D eigenvalue weighted by atomic mass is 19.1. The summed E-state index contributed by atoms with van der Waals surface area (Å²) in [7, 11) is 0. The quantitative estimate of drug-likeness (QED) is 0.532. The van der Waals surface area contributed by atoms with Crippen LogP contribution in [-0.4, -0.2) is 42.0 Å². The monoisotopic (exact) mass is 248 g/mol. The van der Waals surface area contributed by atoms with E-state index in [9.17, 15) is 19.1 Å². The number of hydrogen-bond donors (Lipinski definition) is 1. The Hall–Kier alpha value is -1.43. The highest BCUT2D eigenvalue weighted by molar-refractivity contribution is 5.81. The highest BCUT2D eigenvalue weighted by Gasteiger charge is 2.32. The predicted octanol–water partition coefficient (Wildman–Crippen LogP) is 0.758. The van der Waals surface area contributed by atoms with Gasteiger partial charge in [-0.1, -0.05) is 13.5 Å². The van der Waals surface area contributed by atoms with Crippen LogP contribution in [0.25, 0.3) is 0 Å². The maximum absolute atomic E-state index is 13.4. The van der Waals surface area contributed by atoms with Gasteiger partial charge < -0.3 is 14.6 Å². The third-order valence-corrected chi connectivity index (χ3v) is 2.08. The van der Waals surface area contributed by atoms with E-state index in [-0.39, 0.29) is 13.0 Å². The molecular weight excluding hydrogens is 231 g/mol. The van der Waals surface area contributed by atoms with Crippen LogP contribution in [0.4, 0.5) is 4.39 Å². The van der Waals surface area contributed by atoms with E-state index in [0.717, 1.165) is 13.0 Å². The lowest BCUT2D eigenvalue weighted by Crippen LogP contribution is -2.34. The first kappa shape index (κ1) is 15.6.